The minimum absolute atomic E-state index is 0.0183. The molecule has 1 saturated carbocycles. The fourth-order valence-corrected chi connectivity index (χ4v) is 4.57. The second-order valence-corrected chi connectivity index (χ2v) is 7.98. The highest BCUT2D eigenvalue weighted by molar-refractivity contribution is 5.99. The first-order valence-electron chi connectivity index (χ1n) is 8.57. The predicted molar refractivity (Wildman–Crippen MR) is 86.6 cm³/mol. The van der Waals surface area contributed by atoms with Crippen molar-refractivity contribution < 1.29 is 4.79 Å². The lowest BCUT2D eigenvalue weighted by molar-refractivity contribution is -0.118. The van der Waals surface area contributed by atoms with Crippen LogP contribution in [-0.2, 0) is 4.79 Å². The Hall–Kier alpha value is -1.56. The second kappa shape index (κ2) is 5.57. The Labute approximate surface area is 133 Å². The van der Waals surface area contributed by atoms with E-state index in [4.69, 9.17) is 0 Å². The normalized spacial score (nSPS) is 29.0. The Morgan fingerprint density at radius 2 is 1.86 bits per heavy atom. The van der Waals surface area contributed by atoms with Crippen molar-refractivity contribution in [3.63, 3.8) is 0 Å². The number of carbonyl (C=O) groups excluding carboxylic acids is 1. The third kappa shape index (κ3) is 2.60. The minimum Gasteiger partial charge on any atom is -0.361 e. The van der Waals surface area contributed by atoms with Crippen LogP contribution in [0.25, 0.3) is 0 Å². The van der Waals surface area contributed by atoms with Gasteiger partial charge < -0.3 is 5.32 Å². The molecule has 0 aromatic carbocycles. The summed E-state index contributed by atoms with van der Waals surface area (Å²) < 4.78 is 0. The molecular weight excluding hydrogens is 272 g/mol. The zero-order chi connectivity index (χ0) is 15.9. The molecule has 1 atom stereocenters. The molecule has 1 fully saturated rings. The van der Waals surface area contributed by atoms with Gasteiger partial charge in [0.15, 0.2) is 5.78 Å². The molecule has 22 heavy (non-hydrogen) atoms. The first-order valence-corrected chi connectivity index (χ1v) is 8.57. The van der Waals surface area contributed by atoms with Gasteiger partial charge in [-0.05, 0) is 37.5 Å². The average molecular weight is 298 g/mol. The lowest BCUT2D eigenvalue weighted by atomic mass is 9.65. The molecule has 118 valence electrons. The predicted octanol–water partition coefficient (Wildman–Crippen LogP) is 4.23. The van der Waals surface area contributed by atoms with Crippen LogP contribution in [0.15, 0.2) is 22.5 Å². The zero-order valence-corrected chi connectivity index (χ0v) is 14.0. The molecule has 3 aliphatic rings. The summed E-state index contributed by atoms with van der Waals surface area (Å²) in [6.45, 7) is 6.31. The highest BCUT2D eigenvalue weighted by atomic mass is 16.1. The maximum atomic E-state index is 12.8. The van der Waals surface area contributed by atoms with Crippen molar-refractivity contribution in [2.45, 2.75) is 65.7 Å². The van der Waals surface area contributed by atoms with Gasteiger partial charge in [0.25, 0.3) is 0 Å². The van der Waals surface area contributed by atoms with Crippen molar-refractivity contribution in [1.82, 2.24) is 5.32 Å². The molecule has 0 unspecified atom stereocenters. The fourth-order valence-electron chi connectivity index (χ4n) is 4.57. The number of nitrogens with zero attached hydrogens (tertiary/aromatic N) is 1. The van der Waals surface area contributed by atoms with Crippen LogP contribution in [0.5, 0.6) is 0 Å². The summed E-state index contributed by atoms with van der Waals surface area (Å²) in [6, 6.07) is 2.41. The Balaban J connectivity index is 2.04. The molecule has 0 radical (unpaired) electrons. The largest absolute Gasteiger partial charge is 0.361 e. The molecule has 3 heteroatoms. The van der Waals surface area contributed by atoms with Crippen LogP contribution >= 0.6 is 0 Å². The summed E-state index contributed by atoms with van der Waals surface area (Å²) in [6.07, 6.45) is 7.57. The SMILES string of the molecule is CC1=C(C#N)[C@H](C2CCCCC2)C2=C(CC(C)(C)CC2=O)N1. The number of carbonyl (C=O) groups is 1. The van der Waals surface area contributed by atoms with E-state index in [1.165, 1.54) is 19.3 Å². The average Bonchev–Trinajstić information content (AvgIpc) is 2.45. The van der Waals surface area contributed by atoms with Gasteiger partial charge in [-0.2, -0.15) is 5.26 Å². The first-order chi connectivity index (χ1) is 10.4. The van der Waals surface area contributed by atoms with Crippen molar-refractivity contribution in [2.24, 2.45) is 17.3 Å². The van der Waals surface area contributed by atoms with Gasteiger partial charge in [0.05, 0.1) is 11.6 Å². The standard InChI is InChI=1S/C19H26N2O/c1-12-14(11-20)17(13-7-5-4-6-8-13)18-15(21-12)9-19(2,3)10-16(18)22/h13,17,21H,4-10H2,1-3H3/t17-/m0/s1. The Morgan fingerprint density at radius 3 is 2.50 bits per heavy atom. The van der Waals surface area contributed by atoms with E-state index < -0.39 is 0 Å². The van der Waals surface area contributed by atoms with E-state index in [0.29, 0.717) is 12.3 Å². The third-order valence-corrected chi connectivity index (χ3v) is 5.53. The maximum absolute atomic E-state index is 12.8. The summed E-state index contributed by atoms with van der Waals surface area (Å²) in [5.74, 6) is 0.773. The number of hydrogen-bond donors (Lipinski definition) is 1. The molecule has 1 aliphatic heterocycles. The summed E-state index contributed by atoms with van der Waals surface area (Å²) in [5.41, 5.74) is 3.81. The van der Waals surface area contributed by atoms with Crippen LogP contribution in [-0.4, -0.2) is 5.78 Å². The number of dihydropyridines is 1. The lowest BCUT2D eigenvalue weighted by Crippen LogP contribution is -2.40. The molecule has 0 saturated heterocycles. The molecule has 1 heterocycles. The van der Waals surface area contributed by atoms with Crippen LogP contribution in [0.4, 0.5) is 0 Å². The number of nitrogens with one attached hydrogen (secondary N) is 1. The monoisotopic (exact) mass is 298 g/mol. The fraction of sp³-hybridized carbons (Fsp3) is 0.684. The first kappa shape index (κ1) is 15.3. The summed E-state index contributed by atoms with van der Waals surface area (Å²) >= 11 is 0. The van der Waals surface area contributed by atoms with Crippen molar-refractivity contribution in [3.05, 3.63) is 22.5 Å². The maximum Gasteiger partial charge on any atom is 0.161 e. The number of hydrogen-bond acceptors (Lipinski definition) is 3. The Bertz CT molecular complexity index is 597. The summed E-state index contributed by atoms with van der Waals surface area (Å²) in [4.78, 5) is 12.8. The number of ketones is 1. The Kier molecular flexibility index (Phi) is 3.89. The van der Waals surface area contributed by atoms with E-state index in [9.17, 15) is 10.1 Å². The summed E-state index contributed by atoms with van der Waals surface area (Å²) in [5, 5.41) is 13.1. The molecule has 0 spiro atoms. The molecule has 3 rings (SSSR count). The molecule has 0 amide bonds. The van der Waals surface area contributed by atoms with Crippen LogP contribution < -0.4 is 5.32 Å². The van der Waals surface area contributed by atoms with Gasteiger partial charge in [0.1, 0.15) is 0 Å². The van der Waals surface area contributed by atoms with Gasteiger partial charge >= 0.3 is 0 Å². The van der Waals surface area contributed by atoms with Crippen LogP contribution in [0.2, 0.25) is 0 Å². The van der Waals surface area contributed by atoms with Crippen molar-refractivity contribution in [3.8, 4) is 6.07 Å². The molecular formula is C19H26N2O. The molecule has 2 aliphatic carbocycles. The molecule has 1 N–H and O–H groups in total. The van der Waals surface area contributed by atoms with E-state index >= 15 is 0 Å². The van der Waals surface area contributed by atoms with E-state index in [0.717, 1.165) is 41.8 Å². The van der Waals surface area contributed by atoms with Gasteiger partial charge in [-0.15, -0.1) is 0 Å². The highest BCUT2D eigenvalue weighted by Crippen LogP contribution is 2.47. The van der Waals surface area contributed by atoms with E-state index in [2.05, 4.69) is 25.2 Å². The zero-order valence-electron chi connectivity index (χ0n) is 14.0. The number of allylic oxidation sites excluding steroid dienone is 4. The number of rotatable bonds is 1. The lowest BCUT2D eigenvalue weighted by Gasteiger charge is -2.41. The molecule has 0 aromatic rings. The molecule has 0 bridgehead atoms. The van der Waals surface area contributed by atoms with Gasteiger partial charge in [0, 0.05) is 29.3 Å². The van der Waals surface area contributed by atoms with Crippen LogP contribution in [0.3, 0.4) is 0 Å². The quantitative estimate of drug-likeness (QED) is 0.788. The van der Waals surface area contributed by atoms with Crippen LogP contribution in [0.1, 0.15) is 65.7 Å². The van der Waals surface area contributed by atoms with Gasteiger partial charge in [-0.25, -0.2) is 0 Å². The molecule has 0 aromatic heterocycles. The third-order valence-electron chi connectivity index (χ3n) is 5.53. The van der Waals surface area contributed by atoms with Gasteiger partial charge in [0.2, 0.25) is 0 Å². The van der Waals surface area contributed by atoms with Crippen molar-refractivity contribution in [1.29, 1.82) is 5.26 Å². The molecule has 3 nitrogen and oxygen atoms in total. The van der Waals surface area contributed by atoms with E-state index in [1.807, 2.05) is 6.92 Å². The van der Waals surface area contributed by atoms with Gasteiger partial charge in [-0.3, -0.25) is 4.79 Å². The topological polar surface area (TPSA) is 52.9 Å². The second-order valence-electron chi connectivity index (χ2n) is 7.98. The van der Waals surface area contributed by atoms with E-state index in [1.54, 1.807) is 0 Å². The van der Waals surface area contributed by atoms with Gasteiger partial charge in [-0.1, -0.05) is 33.1 Å². The summed E-state index contributed by atoms with van der Waals surface area (Å²) in [7, 11) is 0. The minimum atomic E-state index is 0.0183. The van der Waals surface area contributed by atoms with E-state index in [-0.39, 0.29) is 17.1 Å². The van der Waals surface area contributed by atoms with Crippen LogP contribution in [0, 0.1) is 28.6 Å². The smallest absolute Gasteiger partial charge is 0.161 e. The number of nitriles is 1. The Morgan fingerprint density at radius 1 is 1.18 bits per heavy atom. The number of Topliss-reactive ketones (excluding diaryl/α,β-unsaturated/α-hetero) is 1. The highest BCUT2D eigenvalue weighted by Gasteiger charge is 2.43. The van der Waals surface area contributed by atoms with Crippen molar-refractivity contribution in [2.75, 3.05) is 0 Å². The van der Waals surface area contributed by atoms with Crippen molar-refractivity contribution >= 4 is 5.78 Å².